The summed E-state index contributed by atoms with van der Waals surface area (Å²) >= 11 is 0. The van der Waals surface area contributed by atoms with E-state index >= 15 is 0 Å². The summed E-state index contributed by atoms with van der Waals surface area (Å²) in [6.45, 7) is 4.07. The number of carbonyl (C=O) groups excluding carboxylic acids is 4. The molecule has 0 unspecified atom stereocenters. The van der Waals surface area contributed by atoms with Crippen LogP contribution in [0.2, 0.25) is 0 Å². The van der Waals surface area contributed by atoms with Gasteiger partial charge < -0.3 is 30.3 Å². The summed E-state index contributed by atoms with van der Waals surface area (Å²) in [6.07, 6.45) is 12.3. The second-order valence-corrected chi connectivity index (χ2v) is 13.0. The zero-order valence-corrected chi connectivity index (χ0v) is 31.4. The number of rotatable bonds is 26. The Bertz CT molecular complexity index is 1530. The van der Waals surface area contributed by atoms with E-state index in [1.54, 1.807) is 67.6 Å². The van der Waals surface area contributed by atoms with Gasteiger partial charge >= 0.3 is 11.9 Å². The summed E-state index contributed by atoms with van der Waals surface area (Å²) in [7, 11) is 1.16. The number of aliphatic hydroxyl groups is 1. The van der Waals surface area contributed by atoms with E-state index in [1.165, 1.54) is 18.9 Å². The van der Waals surface area contributed by atoms with Crippen molar-refractivity contribution >= 4 is 35.2 Å². The number of ether oxygens (including phenoxy) is 2. The number of methoxy groups -OCH3 is 1. The molecule has 288 valence electrons. The number of unbranched alkanes of at least 4 members (excludes halogenated alkanes) is 8. The van der Waals surface area contributed by atoms with Crippen LogP contribution in [-0.2, 0) is 35.1 Å². The van der Waals surface area contributed by atoms with Gasteiger partial charge in [-0.25, -0.2) is 9.59 Å². The number of ketones is 1. The van der Waals surface area contributed by atoms with Crippen LogP contribution in [0, 0.1) is 17.8 Å². The Balaban J connectivity index is 2.16. The van der Waals surface area contributed by atoms with Crippen molar-refractivity contribution in [3.63, 3.8) is 0 Å². The fourth-order valence-corrected chi connectivity index (χ4v) is 5.72. The topological polar surface area (TPSA) is 168 Å². The van der Waals surface area contributed by atoms with E-state index < -0.39 is 47.7 Å². The first kappa shape index (κ1) is 44.2. The van der Waals surface area contributed by atoms with Gasteiger partial charge in [-0.3, -0.25) is 14.4 Å². The number of carbonyl (C=O) groups is 5. The largest absolute Gasteiger partial charge is 0.481 e. The normalized spacial score (nSPS) is 13.1. The van der Waals surface area contributed by atoms with Crippen molar-refractivity contribution in [1.29, 1.82) is 0 Å². The molecule has 0 radical (unpaired) electrons. The highest BCUT2D eigenvalue weighted by Crippen LogP contribution is 2.27. The Morgan fingerprint density at radius 2 is 1.53 bits per heavy atom. The van der Waals surface area contributed by atoms with Gasteiger partial charge in [0.2, 0.25) is 11.8 Å². The van der Waals surface area contributed by atoms with Crippen LogP contribution < -0.4 is 15.4 Å². The van der Waals surface area contributed by atoms with E-state index in [-0.39, 0.29) is 18.8 Å². The molecule has 11 heteroatoms. The quantitative estimate of drug-likeness (QED) is 0.0362. The molecule has 0 aliphatic carbocycles. The molecule has 53 heavy (non-hydrogen) atoms. The number of hydrogen-bond donors (Lipinski definition) is 4. The maximum absolute atomic E-state index is 13.9. The Morgan fingerprint density at radius 3 is 2.13 bits per heavy atom. The minimum atomic E-state index is -2.86. The Morgan fingerprint density at radius 1 is 0.887 bits per heavy atom. The SMILES string of the molecule is CC#CCOc1ccc(C[C@H](NC(=O)[C@@H](C=CCCCCCCC(=O)CCCCCCC)[C@@](O)(CC(=O)Nc2ccccc2)C(=O)O)C(=O)OC)cc1. The van der Waals surface area contributed by atoms with Crippen LogP contribution in [0.4, 0.5) is 5.69 Å². The highest BCUT2D eigenvalue weighted by Gasteiger charge is 2.49. The van der Waals surface area contributed by atoms with E-state index in [0.29, 0.717) is 42.7 Å². The number of carboxylic acids is 1. The number of Topliss-reactive ketones (excluding diaryl/α,β-unsaturated/α-hetero) is 1. The van der Waals surface area contributed by atoms with Gasteiger partial charge in [-0.1, -0.05) is 93.9 Å². The lowest BCUT2D eigenvalue weighted by molar-refractivity contribution is -0.169. The molecule has 2 aromatic rings. The van der Waals surface area contributed by atoms with Crippen molar-refractivity contribution in [3.05, 3.63) is 72.3 Å². The zero-order chi connectivity index (χ0) is 38.9. The fraction of sp³-hybridized carbons (Fsp3) is 0.500. The lowest BCUT2D eigenvalue weighted by Crippen LogP contribution is -2.56. The summed E-state index contributed by atoms with van der Waals surface area (Å²) in [6, 6.07) is 13.9. The zero-order valence-electron chi connectivity index (χ0n) is 31.4. The Hall–Kier alpha value is -4.95. The van der Waals surface area contributed by atoms with Gasteiger partial charge in [0.25, 0.3) is 0 Å². The summed E-state index contributed by atoms with van der Waals surface area (Å²) in [4.78, 5) is 64.5. The van der Waals surface area contributed by atoms with Gasteiger partial charge in [-0.15, -0.1) is 5.92 Å². The van der Waals surface area contributed by atoms with Gasteiger partial charge in [-0.2, -0.15) is 0 Å². The van der Waals surface area contributed by atoms with Crippen LogP contribution in [0.15, 0.2) is 66.7 Å². The molecular weight excluding hydrogens is 676 g/mol. The third-order valence-electron chi connectivity index (χ3n) is 8.77. The molecule has 0 saturated carbocycles. The molecule has 0 bridgehead atoms. The second-order valence-electron chi connectivity index (χ2n) is 13.0. The maximum atomic E-state index is 13.9. The summed E-state index contributed by atoms with van der Waals surface area (Å²) in [5.41, 5.74) is -1.83. The summed E-state index contributed by atoms with van der Waals surface area (Å²) in [5, 5.41) is 26.9. The van der Waals surface area contributed by atoms with Crippen LogP contribution in [0.3, 0.4) is 0 Å². The van der Waals surface area contributed by atoms with E-state index in [4.69, 9.17) is 9.47 Å². The van der Waals surface area contributed by atoms with Gasteiger partial charge in [0.1, 0.15) is 24.2 Å². The molecule has 0 spiro atoms. The number of anilines is 1. The average Bonchev–Trinajstić information content (AvgIpc) is 3.14. The van der Waals surface area contributed by atoms with E-state index in [2.05, 4.69) is 29.4 Å². The highest BCUT2D eigenvalue weighted by atomic mass is 16.5. The molecule has 0 aromatic heterocycles. The molecule has 11 nitrogen and oxygen atoms in total. The van der Waals surface area contributed by atoms with E-state index in [9.17, 15) is 34.2 Å². The molecule has 2 aromatic carbocycles. The fourth-order valence-electron chi connectivity index (χ4n) is 5.72. The van der Waals surface area contributed by atoms with Gasteiger partial charge in [0.15, 0.2) is 5.60 Å². The van der Waals surface area contributed by atoms with Crippen LogP contribution in [0.25, 0.3) is 0 Å². The molecular formula is C42H56N2O9. The van der Waals surface area contributed by atoms with Crippen LogP contribution in [-0.4, -0.2) is 65.1 Å². The molecule has 2 amide bonds. The average molecular weight is 733 g/mol. The number of amides is 2. The van der Waals surface area contributed by atoms with Gasteiger partial charge in [0, 0.05) is 24.9 Å². The number of esters is 1. The minimum Gasteiger partial charge on any atom is -0.481 e. The van der Waals surface area contributed by atoms with Crippen molar-refractivity contribution in [2.75, 3.05) is 19.0 Å². The van der Waals surface area contributed by atoms with E-state index in [1.807, 2.05) is 0 Å². The third kappa shape index (κ3) is 17.0. The standard InChI is InChI=1S/C42H56N2O9/c1-4-6-8-11-17-22-34(45)23-18-12-9-10-13-19-24-36(42(51,41(49)50)31-38(46)43-33-20-15-14-16-21-33)39(47)44-37(40(48)52-3)30-32-25-27-35(28-26-32)53-29-7-5-2/h14-16,19-21,24-28,36-37,51H,4,6,8-13,17-18,22-23,29-31H2,1-3H3,(H,43,46)(H,44,47)(H,49,50)/t36-,37+,42+/m1/s1. The molecule has 4 N–H and O–H groups in total. The predicted molar refractivity (Wildman–Crippen MR) is 204 cm³/mol. The molecule has 0 saturated heterocycles. The molecule has 2 rings (SSSR count). The number of para-hydroxylation sites is 1. The Labute approximate surface area is 313 Å². The first-order valence-corrected chi connectivity index (χ1v) is 18.5. The summed E-state index contributed by atoms with van der Waals surface area (Å²) < 4.78 is 10.5. The lowest BCUT2D eigenvalue weighted by Gasteiger charge is -2.30. The smallest absolute Gasteiger partial charge is 0.337 e. The molecule has 0 aliphatic rings. The number of allylic oxidation sites excluding steroid dienone is 1. The minimum absolute atomic E-state index is 0.00868. The maximum Gasteiger partial charge on any atom is 0.337 e. The number of aliphatic carboxylic acids is 1. The van der Waals surface area contributed by atoms with Gasteiger partial charge in [0.05, 0.1) is 19.4 Å². The number of hydrogen-bond acceptors (Lipinski definition) is 8. The number of nitrogens with one attached hydrogen (secondary N) is 2. The number of carboxylic acid groups (broad SMARTS) is 1. The monoisotopic (exact) mass is 732 g/mol. The van der Waals surface area contributed by atoms with Crippen molar-refractivity contribution < 1.29 is 43.7 Å². The first-order valence-electron chi connectivity index (χ1n) is 18.5. The van der Waals surface area contributed by atoms with Crippen molar-refractivity contribution in [3.8, 4) is 17.6 Å². The van der Waals surface area contributed by atoms with Crippen LogP contribution in [0.5, 0.6) is 5.75 Å². The molecule has 3 atom stereocenters. The van der Waals surface area contributed by atoms with Crippen molar-refractivity contribution in [2.45, 2.75) is 115 Å². The van der Waals surface area contributed by atoms with Crippen molar-refractivity contribution in [1.82, 2.24) is 5.32 Å². The van der Waals surface area contributed by atoms with E-state index in [0.717, 1.165) is 45.6 Å². The Kier molecular flexibility index (Phi) is 20.9. The lowest BCUT2D eigenvalue weighted by atomic mass is 9.82. The molecule has 0 fully saturated rings. The van der Waals surface area contributed by atoms with Crippen molar-refractivity contribution in [2.24, 2.45) is 5.92 Å². The van der Waals surface area contributed by atoms with Crippen LogP contribution in [0.1, 0.15) is 103 Å². The summed E-state index contributed by atoms with van der Waals surface area (Å²) in [5.74, 6) is 0.280. The third-order valence-corrected chi connectivity index (χ3v) is 8.77. The predicted octanol–water partition coefficient (Wildman–Crippen LogP) is 6.58. The number of benzene rings is 2. The first-order chi connectivity index (χ1) is 25.5. The highest BCUT2D eigenvalue weighted by molar-refractivity contribution is 5.99. The molecule has 0 aliphatic heterocycles. The molecule has 0 heterocycles. The van der Waals surface area contributed by atoms with Gasteiger partial charge in [-0.05, 0) is 62.4 Å². The van der Waals surface area contributed by atoms with Crippen LogP contribution >= 0.6 is 0 Å². The second kappa shape index (κ2) is 25.1.